The Morgan fingerprint density at radius 2 is 2.21 bits per heavy atom. The molecule has 5 nitrogen and oxygen atoms in total. The fourth-order valence-electron chi connectivity index (χ4n) is 2.09. The Kier molecular flexibility index (Phi) is 4.27. The number of sulfonamides is 1. The highest BCUT2D eigenvalue weighted by Crippen LogP contribution is 2.29. The van der Waals surface area contributed by atoms with Crippen LogP contribution in [-0.4, -0.2) is 26.0 Å². The van der Waals surface area contributed by atoms with Crippen LogP contribution in [0.15, 0.2) is 11.0 Å². The molecular weight excluding hydrogens is 286 g/mol. The minimum atomic E-state index is -3.59. The summed E-state index contributed by atoms with van der Waals surface area (Å²) in [4.78, 5) is 11.5. The van der Waals surface area contributed by atoms with E-state index in [1.54, 1.807) is 6.92 Å². The molecule has 2 N–H and O–H groups in total. The van der Waals surface area contributed by atoms with E-state index in [1.807, 2.05) is 0 Å². The van der Waals surface area contributed by atoms with Crippen molar-refractivity contribution in [3.8, 4) is 0 Å². The highest BCUT2D eigenvalue weighted by Gasteiger charge is 2.23. The normalized spacial score (nSPS) is 16.3. The second-order valence-electron chi connectivity index (χ2n) is 4.82. The number of carboxylic acid groups (broad SMARTS) is 1. The first-order valence-electron chi connectivity index (χ1n) is 6.23. The lowest BCUT2D eigenvalue weighted by Crippen LogP contribution is -2.27. The van der Waals surface area contributed by atoms with Crippen LogP contribution in [0.5, 0.6) is 0 Å². The molecule has 0 radical (unpaired) electrons. The Morgan fingerprint density at radius 1 is 1.53 bits per heavy atom. The van der Waals surface area contributed by atoms with Gasteiger partial charge in [0.05, 0.1) is 4.90 Å². The summed E-state index contributed by atoms with van der Waals surface area (Å²) in [5.74, 6) is -0.454. The van der Waals surface area contributed by atoms with E-state index in [-0.39, 0.29) is 9.77 Å². The molecule has 106 valence electrons. The van der Waals surface area contributed by atoms with E-state index in [9.17, 15) is 13.2 Å². The Labute approximate surface area is 116 Å². The average Bonchev–Trinajstić information content (AvgIpc) is 2.65. The smallest absolute Gasteiger partial charge is 0.345 e. The second-order valence-corrected chi connectivity index (χ2v) is 7.81. The molecule has 0 aromatic carbocycles. The summed E-state index contributed by atoms with van der Waals surface area (Å²) in [5, 5.41) is 8.87. The van der Waals surface area contributed by atoms with E-state index in [0.29, 0.717) is 17.3 Å². The fourth-order valence-corrected chi connectivity index (χ4v) is 4.57. The molecular formula is C12H17NO4S2. The van der Waals surface area contributed by atoms with Crippen LogP contribution >= 0.6 is 11.3 Å². The van der Waals surface area contributed by atoms with Crippen LogP contribution in [0.25, 0.3) is 0 Å². The van der Waals surface area contributed by atoms with Gasteiger partial charge in [0.15, 0.2) is 0 Å². The highest BCUT2D eigenvalue weighted by molar-refractivity contribution is 7.89. The van der Waals surface area contributed by atoms with Crippen LogP contribution in [-0.2, 0) is 10.0 Å². The Hall–Kier alpha value is -0.920. The molecule has 1 aliphatic rings. The Morgan fingerprint density at radius 3 is 2.68 bits per heavy atom. The standard InChI is InChI=1S/C12H17NO4S2/c1-8-11(7-10(18-8)12(14)15)19(16,17)13-6-5-9-3-2-4-9/h7,9,13H,2-6H2,1H3,(H,14,15). The molecule has 0 atom stereocenters. The van der Waals surface area contributed by atoms with Gasteiger partial charge in [0.1, 0.15) is 4.88 Å². The van der Waals surface area contributed by atoms with E-state index < -0.39 is 16.0 Å². The summed E-state index contributed by atoms with van der Waals surface area (Å²) in [6.07, 6.45) is 4.46. The largest absolute Gasteiger partial charge is 0.477 e. The minimum absolute atomic E-state index is 0.0527. The van der Waals surface area contributed by atoms with Gasteiger partial charge < -0.3 is 5.11 Å². The van der Waals surface area contributed by atoms with E-state index >= 15 is 0 Å². The van der Waals surface area contributed by atoms with Crippen molar-refractivity contribution in [2.45, 2.75) is 37.5 Å². The van der Waals surface area contributed by atoms with Crippen molar-refractivity contribution in [3.05, 3.63) is 15.8 Å². The van der Waals surface area contributed by atoms with Crippen molar-refractivity contribution in [2.24, 2.45) is 5.92 Å². The third kappa shape index (κ3) is 3.34. The van der Waals surface area contributed by atoms with Crippen molar-refractivity contribution in [3.63, 3.8) is 0 Å². The van der Waals surface area contributed by atoms with E-state index in [0.717, 1.165) is 17.8 Å². The van der Waals surface area contributed by atoms with Crippen LogP contribution in [0.3, 0.4) is 0 Å². The predicted molar refractivity (Wildman–Crippen MR) is 73.2 cm³/mol. The van der Waals surface area contributed by atoms with Gasteiger partial charge in [-0.15, -0.1) is 11.3 Å². The number of hydrogen-bond acceptors (Lipinski definition) is 4. The molecule has 1 aromatic rings. The summed E-state index contributed by atoms with van der Waals surface area (Å²) in [6, 6.07) is 1.23. The molecule has 2 rings (SSSR count). The van der Waals surface area contributed by atoms with Crippen LogP contribution in [0.1, 0.15) is 40.2 Å². The maximum absolute atomic E-state index is 12.1. The maximum atomic E-state index is 12.1. The number of nitrogens with one attached hydrogen (secondary N) is 1. The first kappa shape index (κ1) is 14.5. The number of hydrogen-bond donors (Lipinski definition) is 2. The van der Waals surface area contributed by atoms with Gasteiger partial charge >= 0.3 is 5.97 Å². The van der Waals surface area contributed by atoms with Gasteiger partial charge in [0.2, 0.25) is 10.0 Å². The van der Waals surface area contributed by atoms with Gasteiger partial charge in [-0.05, 0) is 25.3 Å². The molecule has 1 fully saturated rings. The van der Waals surface area contributed by atoms with Gasteiger partial charge in [-0.1, -0.05) is 19.3 Å². The first-order valence-corrected chi connectivity index (χ1v) is 8.53. The molecule has 7 heteroatoms. The van der Waals surface area contributed by atoms with Crippen molar-refractivity contribution in [2.75, 3.05) is 6.54 Å². The van der Waals surface area contributed by atoms with E-state index in [2.05, 4.69) is 4.72 Å². The number of aryl methyl sites for hydroxylation is 1. The molecule has 0 saturated heterocycles. The lowest BCUT2D eigenvalue weighted by Gasteiger charge is -2.25. The molecule has 1 heterocycles. The molecule has 1 aromatic heterocycles. The highest BCUT2D eigenvalue weighted by atomic mass is 32.2. The lowest BCUT2D eigenvalue weighted by molar-refractivity contribution is 0.0702. The zero-order valence-electron chi connectivity index (χ0n) is 10.7. The Balaban J connectivity index is 2.03. The third-order valence-electron chi connectivity index (χ3n) is 3.44. The predicted octanol–water partition coefficient (Wildman–Crippen LogP) is 2.22. The lowest BCUT2D eigenvalue weighted by atomic mass is 9.83. The number of rotatable bonds is 6. The van der Waals surface area contributed by atoms with E-state index in [4.69, 9.17) is 5.11 Å². The van der Waals surface area contributed by atoms with Crippen LogP contribution in [0.2, 0.25) is 0 Å². The molecule has 1 saturated carbocycles. The maximum Gasteiger partial charge on any atom is 0.345 e. The number of thiophene rings is 1. The molecule has 0 spiro atoms. The van der Waals surface area contributed by atoms with Gasteiger partial charge in [-0.3, -0.25) is 0 Å². The SMILES string of the molecule is Cc1sc(C(=O)O)cc1S(=O)(=O)NCCC1CCC1. The molecule has 0 unspecified atom stereocenters. The van der Waals surface area contributed by atoms with Crippen molar-refractivity contribution >= 4 is 27.3 Å². The van der Waals surface area contributed by atoms with Crippen molar-refractivity contribution in [1.29, 1.82) is 0 Å². The topological polar surface area (TPSA) is 83.5 Å². The Bertz CT molecular complexity index is 573. The fraction of sp³-hybridized carbons (Fsp3) is 0.583. The molecule has 19 heavy (non-hydrogen) atoms. The van der Waals surface area contributed by atoms with Crippen molar-refractivity contribution < 1.29 is 18.3 Å². The van der Waals surface area contributed by atoms with Crippen LogP contribution in [0.4, 0.5) is 0 Å². The molecule has 1 aliphatic carbocycles. The average molecular weight is 303 g/mol. The summed E-state index contributed by atoms with van der Waals surface area (Å²) in [6.45, 7) is 2.04. The summed E-state index contributed by atoms with van der Waals surface area (Å²) < 4.78 is 26.7. The first-order chi connectivity index (χ1) is 8.90. The van der Waals surface area contributed by atoms with Crippen LogP contribution in [0, 0.1) is 12.8 Å². The molecule has 0 amide bonds. The number of carbonyl (C=O) groups is 1. The third-order valence-corrected chi connectivity index (χ3v) is 6.20. The quantitative estimate of drug-likeness (QED) is 0.844. The number of aromatic carboxylic acids is 1. The molecule has 0 aliphatic heterocycles. The summed E-state index contributed by atoms with van der Waals surface area (Å²) >= 11 is 0.986. The van der Waals surface area contributed by atoms with Gasteiger partial charge in [-0.25, -0.2) is 17.9 Å². The van der Waals surface area contributed by atoms with Crippen LogP contribution < -0.4 is 4.72 Å². The molecule has 0 bridgehead atoms. The van der Waals surface area contributed by atoms with Gasteiger partial charge in [0.25, 0.3) is 0 Å². The number of carboxylic acids is 1. The van der Waals surface area contributed by atoms with Crippen molar-refractivity contribution in [1.82, 2.24) is 4.72 Å². The van der Waals surface area contributed by atoms with Gasteiger partial charge in [-0.2, -0.15) is 0 Å². The van der Waals surface area contributed by atoms with E-state index in [1.165, 1.54) is 25.3 Å². The second kappa shape index (κ2) is 5.60. The zero-order chi connectivity index (χ0) is 14.0. The monoisotopic (exact) mass is 303 g/mol. The van der Waals surface area contributed by atoms with Gasteiger partial charge in [0, 0.05) is 11.4 Å². The minimum Gasteiger partial charge on any atom is -0.477 e. The summed E-state index contributed by atoms with van der Waals surface area (Å²) in [5.41, 5.74) is 0. The summed E-state index contributed by atoms with van der Waals surface area (Å²) in [7, 11) is -3.59. The zero-order valence-corrected chi connectivity index (χ0v) is 12.3.